The maximum absolute atomic E-state index is 13.3. The molecule has 1 aromatic carbocycles. The van der Waals surface area contributed by atoms with Crippen molar-refractivity contribution in [3.8, 4) is 0 Å². The van der Waals surface area contributed by atoms with Crippen molar-refractivity contribution in [2.24, 2.45) is 0 Å². The van der Waals surface area contributed by atoms with E-state index in [9.17, 15) is 18.3 Å². The first-order valence-corrected chi connectivity index (χ1v) is 4.76. The zero-order valence-electron chi connectivity index (χ0n) is 8.65. The highest BCUT2D eigenvalue weighted by Crippen LogP contribution is 2.29. The monoisotopic (exact) mass is 218 g/mol. The standard InChI is InChI=1S/C11H13F3O/c1-3-6-11(2,15)7-4-5-8(12)10(14)9(7)13/h4-5,15H,3,6H2,1-2H3. The molecule has 1 unspecified atom stereocenters. The summed E-state index contributed by atoms with van der Waals surface area (Å²) in [7, 11) is 0. The Morgan fingerprint density at radius 2 is 1.80 bits per heavy atom. The molecule has 1 atom stereocenters. The smallest absolute Gasteiger partial charge is 0.194 e. The molecule has 0 aliphatic rings. The molecule has 84 valence electrons. The summed E-state index contributed by atoms with van der Waals surface area (Å²) in [4.78, 5) is 0. The van der Waals surface area contributed by atoms with Gasteiger partial charge in [-0.15, -0.1) is 0 Å². The first-order valence-electron chi connectivity index (χ1n) is 4.76. The molecule has 1 nitrogen and oxygen atoms in total. The van der Waals surface area contributed by atoms with E-state index in [4.69, 9.17) is 0 Å². The van der Waals surface area contributed by atoms with Crippen LogP contribution in [-0.2, 0) is 5.60 Å². The molecule has 0 heterocycles. The first kappa shape index (κ1) is 12.0. The topological polar surface area (TPSA) is 20.2 Å². The maximum atomic E-state index is 13.3. The highest BCUT2D eigenvalue weighted by atomic mass is 19.2. The summed E-state index contributed by atoms with van der Waals surface area (Å²) in [5.74, 6) is -4.10. The molecule has 0 aromatic heterocycles. The summed E-state index contributed by atoms with van der Waals surface area (Å²) in [6.07, 6.45) is 0.903. The Morgan fingerprint density at radius 1 is 1.20 bits per heavy atom. The van der Waals surface area contributed by atoms with Gasteiger partial charge in [-0.1, -0.05) is 19.4 Å². The number of hydrogen-bond acceptors (Lipinski definition) is 1. The molecule has 0 bridgehead atoms. The normalized spacial score (nSPS) is 15.1. The van der Waals surface area contributed by atoms with E-state index in [-0.39, 0.29) is 12.0 Å². The molecule has 1 aromatic rings. The fourth-order valence-electron chi connectivity index (χ4n) is 1.56. The number of rotatable bonds is 3. The second kappa shape index (κ2) is 4.23. The summed E-state index contributed by atoms with van der Waals surface area (Å²) in [5.41, 5.74) is -1.67. The average molecular weight is 218 g/mol. The van der Waals surface area contributed by atoms with Crippen molar-refractivity contribution in [1.29, 1.82) is 0 Å². The molecule has 0 amide bonds. The highest BCUT2D eigenvalue weighted by Gasteiger charge is 2.28. The van der Waals surface area contributed by atoms with Gasteiger partial charge in [0.05, 0.1) is 5.60 Å². The van der Waals surface area contributed by atoms with Crippen LogP contribution in [0.25, 0.3) is 0 Å². The zero-order valence-corrected chi connectivity index (χ0v) is 8.65. The molecule has 1 rings (SSSR count). The van der Waals surface area contributed by atoms with Crippen LogP contribution in [0.15, 0.2) is 12.1 Å². The van der Waals surface area contributed by atoms with Crippen molar-refractivity contribution in [3.05, 3.63) is 35.1 Å². The molecule has 0 saturated carbocycles. The summed E-state index contributed by atoms with van der Waals surface area (Å²) in [6.45, 7) is 3.19. The molecule has 0 radical (unpaired) electrons. The van der Waals surface area contributed by atoms with Gasteiger partial charge < -0.3 is 5.11 Å². The van der Waals surface area contributed by atoms with E-state index >= 15 is 0 Å². The Hall–Kier alpha value is -1.03. The van der Waals surface area contributed by atoms with E-state index in [0.717, 1.165) is 12.1 Å². The minimum atomic E-state index is -1.54. The van der Waals surface area contributed by atoms with Crippen LogP contribution in [0.2, 0.25) is 0 Å². The van der Waals surface area contributed by atoms with E-state index in [1.165, 1.54) is 6.92 Å². The van der Waals surface area contributed by atoms with Crippen LogP contribution in [-0.4, -0.2) is 5.11 Å². The molecule has 0 aliphatic heterocycles. The Labute approximate surface area is 86.5 Å². The fraction of sp³-hybridized carbons (Fsp3) is 0.455. The number of halogens is 3. The molecule has 0 spiro atoms. The Morgan fingerprint density at radius 3 is 2.33 bits per heavy atom. The van der Waals surface area contributed by atoms with Gasteiger partial charge in [0.1, 0.15) is 0 Å². The third kappa shape index (κ3) is 2.31. The van der Waals surface area contributed by atoms with Crippen LogP contribution < -0.4 is 0 Å². The minimum Gasteiger partial charge on any atom is -0.385 e. The van der Waals surface area contributed by atoms with Crippen molar-refractivity contribution in [2.75, 3.05) is 0 Å². The maximum Gasteiger partial charge on any atom is 0.194 e. The van der Waals surface area contributed by atoms with Crippen molar-refractivity contribution >= 4 is 0 Å². The molecule has 4 heteroatoms. The predicted molar refractivity (Wildman–Crippen MR) is 50.8 cm³/mol. The minimum absolute atomic E-state index is 0.205. The first-order chi connectivity index (χ1) is 6.90. The second-order valence-electron chi connectivity index (χ2n) is 3.75. The van der Waals surface area contributed by atoms with Crippen molar-refractivity contribution in [3.63, 3.8) is 0 Å². The van der Waals surface area contributed by atoms with E-state index in [2.05, 4.69) is 0 Å². The molecule has 1 N–H and O–H groups in total. The number of hydrogen-bond donors (Lipinski definition) is 1. The number of benzene rings is 1. The highest BCUT2D eigenvalue weighted by molar-refractivity contribution is 5.25. The summed E-state index contributed by atoms with van der Waals surface area (Å²) in [6, 6.07) is 1.89. The SMILES string of the molecule is CCCC(C)(O)c1ccc(F)c(F)c1F. The van der Waals surface area contributed by atoms with Gasteiger partial charge in [0.15, 0.2) is 17.5 Å². The van der Waals surface area contributed by atoms with Crippen molar-refractivity contribution < 1.29 is 18.3 Å². The third-order valence-corrected chi connectivity index (χ3v) is 2.35. The lowest BCUT2D eigenvalue weighted by atomic mass is 9.91. The van der Waals surface area contributed by atoms with E-state index in [1.807, 2.05) is 6.92 Å². The van der Waals surface area contributed by atoms with Gasteiger partial charge in [-0.25, -0.2) is 13.2 Å². The lowest BCUT2D eigenvalue weighted by Gasteiger charge is -2.23. The lowest BCUT2D eigenvalue weighted by Crippen LogP contribution is -2.23. The van der Waals surface area contributed by atoms with Gasteiger partial charge in [-0.3, -0.25) is 0 Å². The fourth-order valence-corrected chi connectivity index (χ4v) is 1.56. The lowest BCUT2D eigenvalue weighted by molar-refractivity contribution is 0.0423. The van der Waals surface area contributed by atoms with E-state index < -0.39 is 23.1 Å². The van der Waals surface area contributed by atoms with Gasteiger partial charge in [-0.05, 0) is 19.4 Å². The van der Waals surface area contributed by atoms with Crippen LogP contribution in [0.3, 0.4) is 0 Å². The van der Waals surface area contributed by atoms with Crippen LogP contribution in [0.5, 0.6) is 0 Å². The molecule has 0 fully saturated rings. The quantitative estimate of drug-likeness (QED) is 0.773. The third-order valence-electron chi connectivity index (χ3n) is 2.35. The Kier molecular flexibility index (Phi) is 3.39. The summed E-state index contributed by atoms with van der Waals surface area (Å²) >= 11 is 0. The molecular formula is C11H13F3O. The van der Waals surface area contributed by atoms with E-state index in [0.29, 0.717) is 6.42 Å². The predicted octanol–water partition coefficient (Wildman–Crippen LogP) is 3.11. The van der Waals surface area contributed by atoms with Crippen LogP contribution in [0, 0.1) is 17.5 Å². The molecular weight excluding hydrogens is 205 g/mol. The van der Waals surface area contributed by atoms with Gasteiger partial charge in [-0.2, -0.15) is 0 Å². The van der Waals surface area contributed by atoms with Gasteiger partial charge >= 0.3 is 0 Å². The molecule has 0 saturated heterocycles. The van der Waals surface area contributed by atoms with Crippen LogP contribution in [0.4, 0.5) is 13.2 Å². The van der Waals surface area contributed by atoms with Crippen molar-refractivity contribution in [1.82, 2.24) is 0 Å². The zero-order chi connectivity index (χ0) is 11.6. The summed E-state index contributed by atoms with van der Waals surface area (Å²) in [5, 5.41) is 9.85. The molecule has 0 aliphatic carbocycles. The van der Waals surface area contributed by atoms with E-state index in [1.54, 1.807) is 0 Å². The van der Waals surface area contributed by atoms with Crippen molar-refractivity contribution in [2.45, 2.75) is 32.3 Å². The van der Waals surface area contributed by atoms with Crippen LogP contribution >= 0.6 is 0 Å². The largest absolute Gasteiger partial charge is 0.385 e. The van der Waals surface area contributed by atoms with Gasteiger partial charge in [0, 0.05) is 5.56 Å². The Balaban J connectivity index is 3.21. The molecule has 15 heavy (non-hydrogen) atoms. The number of aliphatic hydroxyl groups is 1. The van der Waals surface area contributed by atoms with Gasteiger partial charge in [0.25, 0.3) is 0 Å². The second-order valence-corrected chi connectivity index (χ2v) is 3.75. The Bertz CT molecular complexity index is 361. The van der Waals surface area contributed by atoms with Crippen LogP contribution in [0.1, 0.15) is 32.3 Å². The average Bonchev–Trinajstić information content (AvgIpc) is 2.13. The summed E-state index contributed by atoms with van der Waals surface area (Å²) < 4.78 is 38.8. The van der Waals surface area contributed by atoms with Gasteiger partial charge in [0.2, 0.25) is 0 Å².